The number of hydrogen-bond acceptors (Lipinski definition) is 0. The number of rotatable bonds is 3. The lowest BCUT2D eigenvalue weighted by Gasteiger charge is -2.33. The van der Waals surface area contributed by atoms with Gasteiger partial charge in [0.05, 0.1) is 5.38 Å². The maximum Gasteiger partial charge on any atom is 0.123 e. The van der Waals surface area contributed by atoms with Crippen molar-refractivity contribution in [2.75, 3.05) is 0 Å². The molecule has 1 aromatic carbocycles. The van der Waals surface area contributed by atoms with E-state index in [4.69, 9.17) is 11.6 Å². The summed E-state index contributed by atoms with van der Waals surface area (Å²) in [5.41, 5.74) is 1.30. The summed E-state index contributed by atoms with van der Waals surface area (Å²) in [5, 5.41) is 0.0283. The average Bonchev–Trinajstić information content (AvgIpc) is 2.79. The lowest BCUT2D eigenvalue weighted by molar-refractivity contribution is 0.271. The first-order chi connectivity index (χ1) is 7.68. The van der Waals surface area contributed by atoms with Gasteiger partial charge >= 0.3 is 0 Å². The van der Waals surface area contributed by atoms with Crippen LogP contribution in [0.3, 0.4) is 0 Å². The smallest absolute Gasteiger partial charge is 0.123 e. The van der Waals surface area contributed by atoms with Crippen molar-refractivity contribution in [3.8, 4) is 0 Å². The van der Waals surface area contributed by atoms with Crippen LogP contribution in [0, 0.1) is 11.2 Å². The summed E-state index contributed by atoms with van der Waals surface area (Å²) in [6.45, 7) is 2.21. The van der Waals surface area contributed by atoms with E-state index in [1.807, 2.05) is 12.1 Å². The van der Waals surface area contributed by atoms with Crippen LogP contribution in [0.5, 0.6) is 0 Å². The molecule has 0 nitrogen and oxygen atoms in total. The molecule has 0 amide bonds. The van der Waals surface area contributed by atoms with E-state index in [2.05, 4.69) is 6.92 Å². The Kier molecular flexibility index (Phi) is 3.53. The molecule has 0 spiro atoms. The molecule has 0 radical (unpaired) electrons. The first-order valence-electron chi connectivity index (χ1n) is 6.07. The minimum atomic E-state index is -0.190. The highest BCUT2D eigenvalue weighted by molar-refractivity contribution is 6.21. The predicted molar refractivity (Wildman–Crippen MR) is 66.2 cm³/mol. The zero-order valence-corrected chi connectivity index (χ0v) is 10.4. The molecule has 0 aliphatic heterocycles. The van der Waals surface area contributed by atoms with Crippen molar-refractivity contribution in [1.82, 2.24) is 0 Å². The molecule has 1 aliphatic carbocycles. The quantitative estimate of drug-likeness (QED) is 0.647. The highest BCUT2D eigenvalue weighted by Crippen LogP contribution is 2.53. The van der Waals surface area contributed by atoms with E-state index in [1.165, 1.54) is 37.8 Å². The molecule has 1 saturated carbocycles. The lowest BCUT2D eigenvalue weighted by atomic mass is 9.77. The molecule has 1 fully saturated rings. The predicted octanol–water partition coefficient (Wildman–Crippen LogP) is 5.08. The van der Waals surface area contributed by atoms with E-state index in [9.17, 15) is 4.39 Å². The van der Waals surface area contributed by atoms with Crippen LogP contribution in [0.4, 0.5) is 4.39 Å². The molecule has 1 atom stereocenters. The van der Waals surface area contributed by atoms with Crippen LogP contribution in [0.15, 0.2) is 24.3 Å². The van der Waals surface area contributed by atoms with Gasteiger partial charge in [0.1, 0.15) is 5.82 Å². The maximum absolute atomic E-state index is 12.9. The van der Waals surface area contributed by atoms with Gasteiger partial charge in [0.15, 0.2) is 0 Å². The van der Waals surface area contributed by atoms with Crippen molar-refractivity contribution in [2.45, 2.75) is 44.4 Å². The van der Waals surface area contributed by atoms with E-state index < -0.39 is 0 Å². The summed E-state index contributed by atoms with van der Waals surface area (Å²) < 4.78 is 12.9. The molecule has 1 aromatic rings. The minimum Gasteiger partial charge on any atom is -0.207 e. The minimum absolute atomic E-state index is 0.0283. The first kappa shape index (κ1) is 11.9. The number of halogens is 2. The van der Waals surface area contributed by atoms with Crippen molar-refractivity contribution in [3.05, 3.63) is 35.6 Å². The molecule has 0 heterocycles. The fraction of sp³-hybridized carbons (Fsp3) is 0.571. The van der Waals surface area contributed by atoms with Crippen LogP contribution in [0.2, 0.25) is 0 Å². The van der Waals surface area contributed by atoms with E-state index in [0.29, 0.717) is 0 Å². The molecule has 0 N–H and O–H groups in total. The van der Waals surface area contributed by atoms with Gasteiger partial charge in [-0.05, 0) is 42.4 Å². The van der Waals surface area contributed by atoms with Gasteiger partial charge in [-0.1, -0.05) is 31.9 Å². The van der Waals surface area contributed by atoms with Crippen LogP contribution >= 0.6 is 11.6 Å². The lowest BCUT2D eigenvalue weighted by Crippen LogP contribution is -2.21. The zero-order valence-electron chi connectivity index (χ0n) is 9.68. The van der Waals surface area contributed by atoms with E-state index in [1.54, 1.807) is 0 Å². The van der Waals surface area contributed by atoms with Gasteiger partial charge in [-0.2, -0.15) is 0 Å². The van der Waals surface area contributed by atoms with Crippen LogP contribution < -0.4 is 0 Å². The van der Waals surface area contributed by atoms with E-state index in [-0.39, 0.29) is 16.6 Å². The summed E-state index contributed by atoms with van der Waals surface area (Å²) in [4.78, 5) is 0. The molecular formula is C14H18ClF. The summed E-state index contributed by atoms with van der Waals surface area (Å²) in [5.74, 6) is -0.190. The van der Waals surface area contributed by atoms with Crippen molar-refractivity contribution in [1.29, 1.82) is 0 Å². The third kappa shape index (κ3) is 2.10. The van der Waals surface area contributed by atoms with Gasteiger partial charge in [-0.3, -0.25) is 0 Å². The topological polar surface area (TPSA) is 0 Å². The fourth-order valence-electron chi connectivity index (χ4n) is 2.85. The first-order valence-corrected chi connectivity index (χ1v) is 6.51. The van der Waals surface area contributed by atoms with Gasteiger partial charge in [-0.15, -0.1) is 11.6 Å². The Labute approximate surface area is 102 Å². The Morgan fingerprint density at radius 1 is 1.25 bits per heavy atom. The molecule has 0 aromatic heterocycles. The Morgan fingerprint density at radius 3 is 2.31 bits per heavy atom. The Balaban J connectivity index is 2.23. The van der Waals surface area contributed by atoms with Crippen molar-refractivity contribution >= 4 is 11.6 Å². The van der Waals surface area contributed by atoms with Gasteiger partial charge in [0.2, 0.25) is 0 Å². The summed E-state index contributed by atoms with van der Waals surface area (Å²) >= 11 is 6.60. The third-order valence-electron chi connectivity index (χ3n) is 4.00. The normalized spacial score (nSPS) is 20.9. The molecule has 1 unspecified atom stereocenters. The average molecular weight is 241 g/mol. The summed E-state index contributed by atoms with van der Waals surface area (Å²) in [7, 11) is 0. The fourth-order valence-corrected chi connectivity index (χ4v) is 3.37. The second-order valence-corrected chi connectivity index (χ2v) is 5.27. The van der Waals surface area contributed by atoms with E-state index in [0.717, 1.165) is 12.0 Å². The molecule has 2 heteroatoms. The number of alkyl halides is 1. The number of hydrogen-bond donors (Lipinski definition) is 0. The van der Waals surface area contributed by atoms with E-state index >= 15 is 0 Å². The standard InChI is InChI=1S/C14H18ClF/c1-2-14(9-3-4-10-14)13(15)11-5-7-12(16)8-6-11/h5-8,13H,2-4,9-10H2,1H3. The Bertz CT molecular complexity index is 338. The van der Waals surface area contributed by atoms with Gasteiger partial charge in [-0.25, -0.2) is 4.39 Å². The van der Waals surface area contributed by atoms with Crippen LogP contribution in [0.25, 0.3) is 0 Å². The maximum atomic E-state index is 12.9. The second-order valence-electron chi connectivity index (χ2n) is 4.84. The SMILES string of the molecule is CCC1(C(Cl)c2ccc(F)cc2)CCCC1. The van der Waals surface area contributed by atoms with Gasteiger partial charge in [0, 0.05) is 0 Å². The van der Waals surface area contributed by atoms with Crippen LogP contribution in [0.1, 0.15) is 50.0 Å². The molecule has 0 saturated heterocycles. The molecule has 0 bridgehead atoms. The molecule has 2 rings (SSSR count). The molecular weight excluding hydrogens is 223 g/mol. The van der Waals surface area contributed by atoms with Gasteiger partial charge in [0.25, 0.3) is 0 Å². The summed E-state index contributed by atoms with van der Waals surface area (Å²) in [6.07, 6.45) is 6.07. The molecule has 88 valence electrons. The third-order valence-corrected chi connectivity index (χ3v) is 4.72. The highest BCUT2D eigenvalue weighted by atomic mass is 35.5. The van der Waals surface area contributed by atoms with Gasteiger partial charge < -0.3 is 0 Å². The van der Waals surface area contributed by atoms with Crippen LogP contribution in [-0.4, -0.2) is 0 Å². The molecule has 1 aliphatic rings. The summed E-state index contributed by atoms with van der Waals surface area (Å²) in [6, 6.07) is 6.65. The molecule has 16 heavy (non-hydrogen) atoms. The monoisotopic (exact) mass is 240 g/mol. The van der Waals surface area contributed by atoms with Crippen molar-refractivity contribution in [3.63, 3.8) is 0 Å². The largest absolute Gasteiger partial charge is 0.207 e. The van der Waals surface area contributed by atoms with Crippen molar-refractivity contribution in [2.24, 2.45) is 5.41 Å². The Morgan fingerprint density at radius 2 is 1.81 bits per heavy atom. The number of benzene rings is 1. The Hall–Kier alpha value is -0.560. The zero-order chi connectivity index (χ0) is 11.6. The second kappa shape index (κ2) is 4.75. The highest BCUT2D eigenvalue weighted by Gasteiger charge is 2.39. The van der Waals surface area contributed by atoms with Crippen molar-refractivity contribution < 1.29 is 4.39 Å². The van der Waals surface area contributed by atoms with Crippen LogP contribution in [-0.2, 0) is 0 Å².